The molecule has 0 aliphatic carbocycles. The highest BCUT2D eigenvalue weighted by Crippen LogP contribution is 2.12. The van der Waals surface area contributed by atoms with Gasteiger partial charge in [-0.1, -0.05) is 6.92 Å². The van der Waals surface area contributed by atoms with E-state index in [0.717, 1.165) is 35.6 Å². The first kappa shape index (κ1) is 13.0. The summed E-state index contributed by atoms with van der Waals surface area (Å²) in [6.45, 7) is 2.87. The zero-order valence-electron chi connectivity index (χ0n) is 10.5. The zero-order valence-corrected chi connectivity index (χ0v) is 12.1. The lowest BCUT2D eigenvalue weighted by molar-refractivity contribution is 0.766. The Hall–Kier alpha value is -1.43. The fourth-order valence-corrected chi connectivity index (χ4v) is 2.07. The number of nitrogens with zero attached hydrogens (tertiary/aromatic N) is 4. The summed E-state index contributed by atoms with van der Waals surface area (Å²) in [6, 6.07) is 1.89. The number of anilines is 1. The summed E-state index contributed by atoms with van der Waals surface area (Å²) in [4.78, 5) is 8.69. The molecule has 0 unspecified atom stereocenters. The SMILES string of the molecule is CCc1nc(Br)cc(NCCc2cnn(C)c2)n1. The van der Waals surface area contributed by atoms with Crippen LogP contribution in [0.4, 0.5) is 5.82 Å². The molecule has 0 saturated carbocycles. The number of hydrogen-bond acceptors (Lipinski definition) is 4. The van der Waals surface area contributed by atoms with Crippen molar-refractivity contribution in [2.24, 2.45) is 7.05 Å². The Bertz CT molecular complexity index is 523. The van der Waals surface area contributed by atoms with Gasteiger partial charge in [-0.15, -0.1) is 0 Å². The average molecular weight is 310 g/mol. The third-order valence-electron chi connectivity index (χ3n) is 2.54. The Morgan fingerprint density at radius 3 is 2.89 bits per heavy atom. The minimum Gasteiger partial charge on any atom is -0.370 e. The molecule has 2 heterocycles. The van der Waals surface area contributed by atoms with E-state index in [9.17, 15) is 0 Å². The summed E-state index contributed by atoms with van der Waals surface area (Å²) >= 11 is 3.39. The summed E-state index contributed by atoms with van der Waals surface area (Å²) < 4.78 is 2.63. The van der Waals surface area contributed by atoms with Crippen molar-refractivity contribution in [3.05, 3.63) is 34.5 Å². The van der Waals surface area contributed by atoms with Crippen LogP contribution in [0.25, 0.3) is 0 Å². The van der Waals surface area contributed by atoms with Crippen molar-refractivity contribution in [3.8, 4) is 0 Å². The molecule has 2 rings (SSSR count). The molecule has 2 aromatic heterocycles. The minimum absolute atomic E-state index is 0.818. The second-order valence-electron chi connectivity index (χ2n) is 4.04. The van der Waals surface area contributed by atoms with E-state index in [0.29, 0.717) is 0 Å². The number of halogens is 1. The molecule has 96 valence electrons. The predicted octanol–water partition coefficient (Wildman–Crippen LogP) is 2.19. The van der Waals surface area contributed by atoms with E-state index >= 15 is 0 Å². The van der Waals surface area contributed by atoms with Crippen LogP contribution in [0, 0.1) is 0 Å². The molecule has 0 amide bonds. The molecular weight excluding hydrogens is 294 g/mol. The number of aryl methyl sites for hydroxylation is 2. The Morgan fingerprint density at radius 1 is 1.39 bits per heavy atom. The largest absolute Gasteiger partial charge is 0.370 e. The van der Waals surface area contributed by atoms with E-state index in [1.807, 2.05) is 37.1 Å². The lowest BCUT2D eigenvalue weighted by Crippen LogP contribution is -2.07. The normalized spacial score (nSPS) is 10.6. The monoisotopic (exact) mass is 309 g/mol. The summed E-state index contributed by atoms with van der Waals surface area (Å²) in [6.07, 6.45) is 5.66. The summed E-state index contributed by atoms with van der Waals surface area (Å²) in [7, 11) is 1.92. The maximum Gasteiger partial charge on any atom is 0.131 e. The maximum atomic E-state index is 4.42. The van der Waals surface area contributed by atoms with Gasteiger partial charge in [0.2, 0.25) is 0 Å². The van der Waals surface area contributed by atoms with Gasteiger partial charge in [-0.3, -0.25) is 4.68 Å². The third kappa shape index (κ3) is 3.53. The van der Waals surface area contributed by atoms with Crippen LogP contribution in [0.15, 0.2) is 23.1 Å². The summed E-state index contributed by atoms with van der Waals surface area (Å²) in [5.74, 6) is 1.70. The van der Waals surface area contributed by atoms with Crippen molar-refractivity contribution >= 4 is 21.7 Å². The Balaban J connectivity index is 1.91. The minimum atomic E-state index is 0.818. The van der Waals surface area contributed by atoms with Crippen molar-refractivity contribution in [3.63, 3.8) is 0 Å². The molecule has 0 radical (unpaired) electrons. The molecule has 5 nitrogen and oxygen atoms in total. The van der Waals surface area contributed by atoms with Crippen molar-refractivity contribution in [1.29, 1.82) is 0 Å². The van der Waals surface area contributed by atoms with Gasteiger partial charge in [0.25, 0.3) is 0 Å². The Kier molecular flexibility index (Phi) is 4.30. The molecule has 0 aliphatic heterocycles. The summed E-state index contributed by atoms with van der Waals surface area (Å²) in [5.41, 5.74) is 1.22. The number of rotatable bonds is 5. The Morgan fingerprint density at radius 2 is 2.22 bits per heavy atom. The van der Waals surface area contributed by atoms with Gasteiger partial charge in [-0.2, -0.15) is 5.10 Å². The average Bonchev–Trinajstić information content (AvgIpc) is 2.74. The molecule has 0 aliphatic rings. The number of hydrogen-bond donors (Lipinski definition) is 1. The van der Waals surface area contributed by atoms with E-state index in [2.05, 4.69) is 36.3 Å². The molecule has 0 fully saturated rings. The molecule has 0 bridgehead atoms. The van der Waals surface area contributed by atoms with Gasteiger partial charge in [-0.05, 0) is 27.9 Å². The molecule has 0 spiro atoms. The fraction of sp³-hybridized carbons (Fsp3) is 0.417. The second-order valence-corrected chi connectivity index (χ2v) is 4.86. The van der Waals surface area contributed by atoms with Gasteiger partial charge >= 0.3 is 0 Å². The van der Waals surface area contributed by atoms with Gasteiger partial charge in [0.05, 0.1) is 6.20 Å². The van der Waals surface area contributed by atoms with Crippen molar-refractivity contribution in [1.82, 2.24) is 19.7 Å². The highest BCUT2D eigenvalue weighted by molar-refractivity contribution is 9.10. The number of nitrogens with one attached hydrogen (secondary N) is 1. The predicted molar refractivity (Wildman–Crippen MR) is 74.5 cm³/mol. The van der Waals surface area contributed by atoms with Crippen LogP contribution in [0.3, 0.4) is 0 Å². The molecule has 2 aromatic rings. The zero-order chi connectivity index (χ0) is 13.0. The van der Waals surface area contributed by atoms with Gasteiger partial charge in [0, 0.05) is 32.3 Å². The van der Waals surface area contributed by atoms with Crippen LogP contribution in [0.2, 0.25) is 0 Å². The van der Waals surface area contributed by atoms with Crippen molar-refractivity contribution in [2.45, 2.75) is 19.8 Å². The second kappa shape index (κ2) is 5.95. The lowest BCUT2D eigenvalue weighted by Gasteiger charge is -2.06. The molecular formula is C12H16BrN5. The molecule has 1 N–H and O–H groups in total. The maximum absolute atomic E-state index is 4.42. The van der Waals surface area contributed by atoms with E-state index in [1.54, 1.807) is 0 Å². The summed E-state index contributed by atoms with van der Waals surface area (Å²) in [5, 5.41) is 7.44. The first-order chi connectivity index (χ1) is 8.67. The van der Waals surface area contributed by atoms with E-state index in [1.165, 1.54) is 5.56 Å². The van der Waals surface area contributed by atoms with Gasteiger partial charge in [0.1, 0.15) is 16.2 Å². The van der Waals surface area contributed by atoms with Crippen LogP contribution < -0.4 is 5.32 Å². The number of aromatic nitrogens is 4. The first-order valence-corrected chi connectivity index (χ1v) is 6.71. The molecule has 0 atom stereocenters. The fourth-order valence-electron chi connectivity index (χ4n) is 1.65. The van der Waals surface area contributed by atoms with E-state index in [4.69, 9.17) is 0 Å². The molecule has 6 heteroatoms. The first-order valence-electron chi connectivity index (χ1n) is 5.92. The van der Waals surface area contributed by atoms with Crippen LogP contribution in [-0.2, 0) is 19.9 Å². The van der Waals surface area contributed by atoms with Gasteiger partial charge in [-0.25, -0.2) is 9.97 Å². The lowest BCUT2D eigenvalue weighted by atomic mass is 10.2. The smallest absolute Gasteiger partial charge is 0.131 e. The quantitative estimate of drug-likeness (QED) is 0.860. The van der Waals surface area contributed by atoms with Gasteiger partial charge < -0.3 is 5.32 Å². The Labute approximate surface area is 115 Å². The van der Waals surface area contributed by atoms with Crippen LogP contribution in [0.1, 0.15) is 18.3 Å². The highest BCUT2D eigenvalue weighted by Gasteiger charge is 2.01. The van der Waals surface area contributed by atoms with Crippen LogP contribution >= 0.6 is 15.9 Å². The van der Waals surface area contributed by atoms with Gasteiger partial charge in [0.15, 0.2) is 0 Å². The third-order valence-corrected chi connectivity index (χ3v) is 2.94. The molecule has 0 aromatic carbocycles. The van der Waals surface area contributed by atoms with E-state index in [-0.39, 0.29) is 0 Å². The van der Waals surface area contributed by atoms with Crippen molar-refractivity contribution < 1.29 is 0 Å². The highest BCUT2D eigenvalue weighted by atomic mass is 79.9. The van der Waals surface area contributed by atoms with Crippen LogP contribution in [0.5, 0.6) is 0 Å². The topological polar surface area (TPSA) is 55.6 Å². The van der Waals surface area contributed by atoms with E-state index < -0.39 is 0 Å². The van der Waals surface area contributed by atoms with Crippen LogP contribution in [-0.4, -0.2) is 26.3 Å². The molecule has 18 heavy (non-hydrogen) atoms. The molecule has 0 saturated heterocycles. The standard InChI is InChI=1S/C12H16BrN5/c1-3-11-16-10(13)6-12(17-11)14-5-4-9-7-15-18(2)8-9/h6-8H,3-5H2,1-2H3,(H,14,16,17). The van der Waals surface area contributed by atoms with Crippen molar-refractivity contribution in [2.75, 3.05) is 11.9 Å².